The van der Waals surface area contributed by atoms with Gasteiger partial charge in [0.15, 0.2) is 0 Å². The first-order valence-electron chi connectivity index (χ1n) is 33.6. The molecule has 0 radical (unpaired) electrons. The second kappa shape index (κ2) is 20.3. The van der Waals surface area contributed by atoms with Gasteiger partial charge in [-0.2, -0.15) is 0 Å². The van der Waals surface area contributed by atoms with Gasteiger partial charge in [0.2, 0.25) is 0 Å². The third kappa shape index (κ3) is 8.45. The molecule has 8 aromatic rings. The molecular weight excluding hydrogens is 1080 g/mol. The lowest BCUT2D eigenvalue weighted by atomic mass is 9.70. The summed E-state index contributed by atoms with van der Waals surface area (Å²) in [6.45, 7) is 19.3. The highest BCUT2D eigenvalue weighted by Gasteiger charge is 2.42. The topological polar surface area (TPSA) is 0 Å². The van der Waals surface area contributed by atoms with Crippen molar-refractivity contribution in [1.82, 2.24) is 0 Å². The van der Waals surface area contributed by atoms with Crippen LogP contribution in [-0.4, -0.2) is 0 Å². The molecule has 0 N–H and O–H groups in total. The summed E-state index contributed by atoms with van der Waals surface area (Å²) < 4.78 is 0. The highest BCUT2D eigenvalue weighted by atomic mass is 14.5. The Labute approximate surface area is 534 Å². The molecule has 0 heterocycles. The molecule has 0 aromatic heterocycles. The number of rotatable bonds is 8. The number of allylic oxidation sites excluding steroid dienone is 20. The zero-order valence-electron chi connectivity index (χ0n) is 53.8. The Bertz CT molecular complexity index is 4750. The average molecular weight is 1160 g/mol. The van der Waals surface area contributed by atoms with Crippen molar-refractivity contribution in [2.24, 2.45) is 11.3 Å². The van der Waals surface area contributed by atoms with Gasteiger partial charge in [-0.3, -0.25) is 0 Å². The molecule has 17 rings (SSSR count). The summed E-state index contributed by atoms with van der Waals surface area (Å²) in [6.07, 6.45) is 28.9. The maximum absolute atomic E-state index is 2.69. The van der Waals surface area contributed by atoms with Gasteiger partial charge in [0.05, 0.1) is 0 Å². The van der Waals surface area contributed by atoms with Crippen molar-refractivity contribution in [3.63, 3.8) is 0 Å². The van der Waals surface area contributed by atoms with E-state index in [4.69, 9.17) is 0 Å². The SMILES string of the molecule is CC1(C)C2=C(CCC(c3ccc(C4=CC(C5=CC=C(c6ccc7c(c6)C(C)(C)c6ccccc6-7)CC5)C(c5ccc(-c6ccc7c(c6)C(C)(C)c6ccccc6-7)cc5)C=C4c4ccc(C5=CC6=C(CC5)c5ccccc5C6(C)C)cc4)cc3)=C2)C2=C1CCC=C2. The lowest BCUT2D eigenvalue weighted by molar-refractivity contribution is 0.533. The quantitative estimate of drug-likeness (QED) is 0.142. The zero-order valence-corrected chi connectivity index (χ0v) is 53.8. The molecule has 0 saturated carbocycles. The minimum Gasteiger partial charge on any atom is -0.0836 e. The van der Waals surface area contributed by atoms with Gasteiger partial charge in [0.25, 0.3) is 0 Å². The van der Waals surface area contributed by atoms with Crippen LogP contribution in [0.2, 0.25) is 0 Å². The standard InChI is InChI=1S/C90H80/c1-87(2)79-21-13-9-17-67(79)71-45-41-63(49-83(71)87)55-25-33-59(34-26-55)75-53-77(61-37-29-57(30-38-61)65-43-47-73-69-19-11-15-23-81(69)89(5,6)85(73)51-65)78(62-39-31-58(32-40-62)66-44-48-74-70-20-12-16-24-82(70)90(7,8)86(74)52-66)54-76(75)60-35-27-56(28-36-60)64-42-46-72-68-18-10-14-22-80(68)88(3,4)84(72)50-64/h9-15,17-23,25-27,29-35,37-42,45-46,49-54,75-76H,16,24,28,36,43-44,47-48H2,1-8H3. The first-order valence-corrected chi connectivity index (χ1v) is 33.6. The minimum absolute atomic E-state index is 0.0136. The van der Waals surface area contributed by atoms with Crippen molar-refractivity contribution in [3.8, 4) is 33.4 Å². The summed E-state index contributed by atoms with van der Waals surface area (Å²) >= 11 is 0. The molecule has 0 spiro atoms. The molecule has 0 saturated heterocycles. The lowest BCUT2D eigenvalue weighted by Gasteiger charge is -2.34. The number of hydrogen-bond donors (Lipinski definition) is 0. The van der Waals surface area contributed by atoms with E-state index in [1.165, 1.54) is 157 Å². The highest BCUT2D eigenvalue weighted by Crippen LogP contribution is 2.58. The third-order valence-electron chi connectivity index (χ3n) is 23.4. The molecule has 0 nitrogen and oxygen atoms in total. The molecule has 440 valence electrons. The van der Waals surface area contributed by atoms with Gasteiger partial charge < -0.3 is 0 Å². The van der Waals surface area contributed by atoms with E-state index in [0.717, 1.165) is 44.9 Å². The van der Waals surface area contributed by atoms with Crippen molar-refractivity contribution < 1.29 is 0 Å². The van der Waals surface area contributed by atoms with E-state index in [-0.39, 0.29) is 33.5 Å². The number of benzene rings is 8. The van der Waals surface area contributed by atoms with Crippen LogP contribution in [0.1, 0.15) is 179 Å². The fourth-order valence-electron chi connectivity index (χ4n) is 18.3. The summed E-state index contributed by atoms with van der Waals surface area (Å²) in [4.78, 5) is 0. The fraction of sp³-hybridized carbons (Fsp3) is 0.244. The lowest BCUT2D eigenvalue weighted by Crippen LogP contribution is -2.18. The predicted molar refractivity (Wildman–Crippen MR) is 381 cm³/mol. The zero-order chi connectivity index (χ0) is 61.0. The Kier molecular flexibility index (Phi) is 12.5. The van der Waals surface area contributed by atoms with Crippen LogP contribution in [0.15, 0.2) is 264 Å². The molecule has 2 unspecified atom stereocenters. The van der Waals surface area contributed by atoms with Gasteiger partial charge in [-0.25, -0.2) is 0 Å². The number of fused-ring (bicyclic) bond motifs is 9. The second-order valence-corrected chi connectivity index (χ2v) is 29.5. The van der Waals surface area contributed by atoms with E-state index in [0.29, 0.717) is 0 Å². The summed E-state index contributed by atoms with van der Waals surface area (Å²) in [5, 5.41) is 0. The van der Waals surface area contributed by atoms with Gasteiger partial charge in [-0.15, -0.1) is 0 Å². The van der Waals surface area contributed by atoms with E-state index in [1.807, 2.05) is 0 Å². The predicted octanol–water partition coefficient (Wildman–Crippen LogP) is 23.7. The van der Waals surface area contributed by atoms with Crippen LogP contribution < -0.4 is 0 Å². The third-order valence-corrected chi connectivity index (χ3v) is 23.4. The van der Waals surface area contributed by atoms with Gasteiger partial charge in [0, 0.05) is 33.5 Å². The molecule has 2 atom stereocenters. The van der Waals surface area contributed by atoms with Crippen molar-refractivity contribution in [3.05, 3.63) is 331 Å². The molecular formula is C90H80. The maximum atomic E-state index is 2.69. The van der Waals surface area contributed by atoms with E-state index >= 15 is 0 Å². The first-order chi connectivity index (χ1) is 43.6. The van der Waals surface area contributed by atoms with Crippen LogP contribution in [0.3, 0.4) is 0 Å². The molecule has 0 heteroatoms. The van der Waals surface area contributed by atoms with Crippen LogP contribution in [0.25, 0.3) is 66.8 Å². The molecule has 0 fully saturated rings. The van der Waals surface area contributed by atoms with E-state index in [2.05, 4.69) is 286 Å². The maximum Gasteiger partial charge on any atom is 0.0159 e. The molecule has 0 bridgehead atoms. The van der Waals surface area contributed by atoms with Crippen molar-refractivity contribution in [2.75, 3.05) is 0 Å². The Morgan fingerprint density at radius 2 is 0.800 bits per heavy atom. The van der Waals surface area contributed by atoms with E-state index < -0.39 is 0 Å². The van der Waals surface area contributed by atoms with Gasteiger partial charge in [-0.1, -0.05) is 285 Å². The largest absolute Gasteiger partial charge is 0.0836 e. The number of hydrogen-bond acceptors (Lipinski definition) is 0. The van der Waals surface area contributed by atoms with Crippen molar-refractivity contribution in [2.45, 2.75) is 129 Å². The van der Waals surface area contributed by atoms with E-state index in [9.17, 15) is 0 Å². The smallest absolute Gasteiger partial charge is 0.0159 e. The van der Waals surface area contributed by atoms with Crippen molar-refractivity contribution >= 4 is 33.4 Å². The summed E-state index contributed by atoms with van der Waals surface area (Å²) in [6, 6.07) is 70.8. The van der Waals surface area contributed by atoms with Crippen LogP contribution in [0, 0.1) is 11.3 Å². The normalized spacial score (nSPS) is 21.6. The Morgan fingerprint density at radius 3 is 1.39 bits per heavy atom. The van der Waals surface area contributed by atoms with Crippen LogP contribution in [0.5, 0.6) is 0 Å². The minimum atomic E-state index is -0.0587. The molecule has 0 amide bonds. The van der Waals surface area contributed by atoms with Gasteiger partial charge >= 0.3 is 0 Å². The Hall–Kier alpha value is -8.84. The Morgan fingerprint density at radius 1 is 0.333 bits per heavy atom. The van der Waals surface area contributed by atoms with Gasteiger partial charge in [0.1, 0.15) is 0 Å². The molecule has 8 aromatic carbocycles. The highest BCUT2D eigenvalue weighted by molar-refractivity contribution is 6.07. The van der Waals surface area contributed by atoms with Crippen LogP contribution in [0.4, 0.5) is 0 Å². The van der Waals surface area contributed by atoms with Gasteiger partial charge in [-0.05, 0) is 219 Å². The first kappa shape index (κ1) is 55.2. The van der Waals surface area contributed by atoms with E-state index in [1.54, 1.807) is 16.7 Å². The second-order valence-electron chi connectivity index (χ2n) is 29.5. The van der Waals surface area contributed by atoms with Crippen molar-refractivity contribution in [1.29, 1.82) is 0 Å². The molecule has 9 aliphatic carbocycles. The molecule has 9 aliphatic rings. The average Bonchev–Trinajstić information content (AvgIpc) is 1.79. The van der Waals surface area contributed by atoms with Crippen LogP contribution >= 0.6 is 0 Å². The summed E-state index contributed by atoms with van der Waals surface area (Å²) in [7, 11) is 0. The van der Waals surface area contributed by atoms with Crippen LogP contribution in [-0.2, 0) is 16.2 Å². The Balaban J connectivity index is 0.771. The summed E-state index contributed by atoms with van der Waals surface area (Å²) in [5.41, 5.74) is 42.3. The molecule has 90 heavy (non-hydrogen) atoms. The monoisotopic (exact) mass is 1160 g/mol. The summed E-state index contributed by atoms with van der Waals surface area (Å²) in [5.74, 6) is 0.263. The molecule has 0 aliphatic heterocycles. The fourth-order valence-corrected chi connectivity index (χ4v) is 18.3.